The van der Waals surface area contributed by atoms with Crippen molar-refractivity contribution in [3.63, 3.8) is 0 Å². The smallest absolute Gasteiger partial charge is 0.202 e. The van der Waals surface area contributed by atoms with Crippen LogP contribution in [0.4, 0.5) is 5.13 Å². The summed E-state index contributed by atoms with van der Waals surface area (Å²) in [5, 5.41) is 4.21. The van der Waals surface area contributed by atoms with E-state index >= 15 is 0 Å². The van der Waals surface area contributed by atoms with Crippen LogP contribution in [0.15, 0.2) is 0 Å². The molecule has 0 amide bonds. The molecule has 1 aromatic rings. The van der Waals surface area contributed by atoms with Gasteiger partial charge in [0.05, 0.1) is 6.61 Å². The molecule has 1 N–H and O–H groups in total. The minimum atomic E-state index is 0.0157. The molecule has 0 bridgehead atoms. The number of aromatic nitrogens is 2. The first kappa shape index (κ1) is 14.7. The van der Waals surface area contributed by atoms with Crippen molar-refractivity contribution in [1.29, 1.82) is 0 Å². The lowest BCUT2D eigenvalue weighted by Gasteiger charge is -2.34. The first-order chi connectivity index (χ1) is 9.06. The molecule has 1 unspecified atom stereocenters. The number of hydrogen-bond donors (Lipinski definition) is 1. The minimum absolute atomic E-state index is 0.0157. The molecular formula is C13H24N4OS. The van der Waals surface area contributed by atoms with Gasteiger partial charge < -0.3 is 10.1 Å². The number of nitrogens with zero attached hydrogens (tertiary/aromatic N) is 3. The summed E-state index contributed by atoms with van der Waals surface area (Å²) >= 11 is 1.42. The molecule has 0 spiro atoms. The second-order valence-electron chi connectivity index (χ2n) is 5.68. The zero-order valence-corrected chi connectivity index (χ0v) is 13.0. The third-order valence-electron chi connectivity index (χ3n) is 3.22. The van der Waals surface area contributed by atoms with Crippen LogP contribution >= 0.6 is 11.5 Å². The molecule has 2 heterocycles. The van der Waals surface area contributed by atoms with Crippen LogP contribution in [0.5, 0.6) is 0 Å². The highest BCUT2D eigenvalue weighted by atomic mass is 32.1. The first-order valence-corrected chi connectivity index (χ1v) is 7.76. The van der Waals surface area contributed by atoms with Gasteiger partial charge in [-0.15, -0.1) is 0 Å². The highest BCUT2D eigenvalue weighted by Gasteiger charge is 2.26. The van der Waals surface area contributed by atoms with Crippen LogP contribution in [-0.2, 0) is 4.74 Å². The summed E-state index contributed by atoms with van der Waals surface area (Å²) in [7, 11) is 0. The molecule has 2 rings (SSSR count). The molecule has 0 radical (unpaired) electrons. The summed E-state index contributed by atoms with van der Waals surface area (Å²) in [6.07, 6.45) is 0.0157. The van der Waals surface area contributed by atoms with Gasteiger partial charge in [0, 0.05) is 37.2 Å². The van der Waals surface area contributed by atoms with E-state index in [0.29, 0.717) is 12.0 Å². The topological polar surface area (TPSA) is 50.3 Å². The first-order valence-electron chi connectivity index (χ1n) is 6.99. The molecule has 0 aliphatic carbocycles. The third-order valence-corrected chi connectivity index (χ3v) is 3.91. The number of anilines is 1. The van der Waals surface area contributed by atoms with Gasteiger partial charge in [-0.2, -0.15) is 4.37 Å². The monoisotopic (exact) mass is 284 g/mol. The second-order valence-corrected chi connectivity index (χ2v) is 6.43. The summed E-state index contributed by atoms with van der Waals surface area (Å²) in [5.41, 5.74) is 0. The van der Waals surface area contributed by atoms with Crippen LogP contribution in [-0.4, -0.2) is 46.5 Å². The van der Waals surface area contributed by atoms with Crippen LogP contribution in [0.1, 0.15) is 39.6 Å². The van der Waals surface area contributed by atoms with Crippen LogP contribution in [0.2, 0.25) is 0 Å². The van der Waals surface area contributed by atoms with E-state index in [1.54, 1.807) is 0 Å². The summed E-state index contributed by atoms with van der Waals surface area (Å²) in [5.74, 6) is 1.43. The van der Waals surface area contributed by atoms with E-state index in [1.807, 2.05) is 0 Å². The third kappa shape index (κ3) is 4.12. The van der Waals surface area contributed by atoms with E-state index in [0.717, 1.165) is 37.2 Å². The molecule has 1 atom stereocenters. The Labute approximate surface area is 119 Å². The van der Waals surface area contributed by atoms with Crippen LogP contribution < -0.4 is 5.32 Å². The summed E-state index contributed by atoms with van der Waals surface area (Å²) in [6.45, 7) is 12.4. The maximum absolute atomic E-state index is 5.80. The van der Waals surface area contributed by atoms with Crippen molar-refractivity contribution in [2.75, 3.05) is 31.6 Å². The molecular weight excluding hydrogens is 260 g/mol. The average molecular weight is 284 g/mol. The van der Waals surface area contributed by atoms with E-state index in [1.165, 1.54) is 11.5 Å². The number of hydrogen-bond acceptors (Lipinski definition) is 6. The van der Waals surface area contributed by atoms with Crippen molar-refractivity contribution in [3.05, 3.63) is 5.82 Å². The Morgan fingerprint density at radius 3 is 2.89 bits per heavy atom. The molecule has 19 heavy (non-hydrogen) atoms. The lowest BCUT2D eigenvalue weighted by atomic mass is 10.2. The fourth-order valence-electron chi connectivity index (χ4n) is 2.02. The zero-order valence-electron chi connectivity index (χ0n) is 12.2. The van der Waals surface area contributed by atoms with E-state index < -0.39 is 0 Å². The van der Waals surface area contributed by atoms with Gasteiger partial charge in [-0.3, -0.25) is 4.90 Å². The molecule has 6 heteroatoms. The number of rotatable bonds is 5. The van der Waals surface area contributed by atoms with Crippen molar-refractivity contribution < 1.29 is 4.74 Å². The fraction of sp³-hybridized carbons (Fsp3) is 0.846. The van der Waals surface area contributed by atoms with Crippen molar-refractivity contribution >= 4 is 16.7 Å². The SMILES string of the molecule is CC(C)CNc1nc(C2CN(C(C)C)CCO2)ns1. The standard InChI is InChI=1S/C13H24N4OS/c1-9(2)7-14-13-15-12(16-19-13)11-8-17(10(3)4)5-6-18-11/h9-11H,5-8H2,1-4H3,(H,14,15,16). The fourth-order valence-corrected chi connectivity index (χ4v) is 2.64. The molecule has 108 valence electrons. The highest BCUT2D eigenvalue weighted by Crippen LogP contribution is 2.24. The Hall–Kier alpha value is -0.720. The van der Waals surface area contributed by atoms with E-state index in [2.05, 4.69) is 47.3 Å². The van der Waals surface area contributed by atoms with Crippen LogP contribution in [0.25, 0.3) is 0 Å². The van der Waals surface area contributed by atoms with Crippen LogP contribution in [0.3, 0.4) is 0 Å². The summed E-state index contributed by atoms with van der Waals surface area (Å²) in [4.78, 5) is 6.96. The van der Waals surface area contributed by atoms with Gasteiger partial charge >= 0.3 is 0 Å². The summed E-state index contributed by atoms with van der Waals surface area (Å²) in [6, 6.07) is 0.545. The van der Waals surface area contributed by atoms with Gasteiger partial charge in [0.15, 0.2) is 5.82 Å². The van der Waals surface area contributed by atoms with Crippen molar-refractivity contribution in [2.45, 2.75) is 39.8 Å². The van der Waals surface area contributed by atoms with E-state index in [9.17, 15) is 0 Å². The highest BCUT2D eigenvalue weighted by molar-refractivity contribution is 7.09. The van der Waals surface area contributed by atoms with Gasteiger partial charge in [-0.05, 0) is 19.8 Å². The van der Waals surface area contributed by atoms with Crippen molar-refractivity contribution in [2.24, 2.45) is 5.92 Å². The maximum Gasteiger partial charge on any atom is 0.202 e. The minimum Gasteiger partial charge on any atom is -0.367 e. The Morgan fingerprint density at radius 1 is 1.42 bits per heavy atom. The molecule has 0 aromatic carbocycles. The number of ether oxygens (including phenoxy) is 1. The largest absolute Gasteiger partial charge is 0.367 e. The Balaban J connectivity index is 1.94. The van der Waals surface area contributed by atoms with Gasteiger partial charge in [0.1, 0.15) is 6.10 Å². The molecule has 1 aromatic heterocycles. The predicted molar refractivity (Wildman–Crippen MR) is 78.6 cm³/mol. The number of nitrogens with one attached hydrogen (secondary N) is 1. The Morgan fingerprint density at radius 2 is 2.21 bits per heavy atom. The average Bonchev–Trinajstić information content (AvgIpc) is 2.85. The van der Waals surface area contributed by atoms with Crippen molar-refractivity contribution in [3.8, 4) is 0 Å². The van der Waals surface area contributed by atoms with Gasteiger partial charge in [-0.25, -0.2) is 4.98 Å². The molecule has 1 fully saturated rings. The second kappa shape index (κ2) is 6.63. The Bertz CT molecular complexity index is 394. The van der Waals surface area contributed by atoms with Gasteiger partial charge in [0.2, 0.25) is 5.13 Å². The maximum atomic E-state index is 5.80. The zero-order chi connectivity index (χ0) is 13.8. The molecule has 0 saturated carbocycles. The van der Waals surface area contributed by atoms with E-state index in [-0.39, 0.29) is 6.10 Å². The molecule has 1 aliphatic rings. The summed E-state index contributed by atoms with van der Waals surface area (Å²) < 4.78 is 10.2. The molecule has 1 aliphatic heterocycles. The van der Waals surface area contributed by atoms with Crippen molar-refractivity contribution in [1.82, 2.24) is 14.3 Å². The van der Waals surface area contributed by atoms with Crippen LogP contribution in [0, 0.1) is 5.92 Å². The molecule has 5 nitrogen and oxygen atoms in total. The van der Waals surface area contributed by atoms with Gasteiger partial charge in [0.25, 0.3) is 0 Å². The lowest BCUT2D eigenvalue weighted by Crippen LogP contribution is -2.42. The number of morpholine rings is 1. The van der Waals surface area contributed by atoms with Gasteiger partial charge in [-0.1, -0.05) is 13.8 Å². The predicted octanol–water partition coefficient (Wildman–Crippen LogP) is 2.39. The quantitative estimate of drug-likeness (QED) is 0.899. The van der Waals surface area contributed by atoms with E-state index in [4.69, 9.17) is 4.74 Å². The normalized spacial score (nSPS) is 21.3. The Kier molecular flexibility index (Phi) is 5.13. The lowest BCUT2D eigenvalue weighted by molar-refractivity contribution is -0.0437. The molecule has 1 saturated heterocycles.